The summed E-state index contributed by atoms with van der Waals surface area (Å²) >= 11 is 5.86. The van der Waals surface area contributed by atoms with Crippen molar-refractivity contribution in [1.82, 2.24) is 34.4 Å². The molecule has 0 aliphatic rings. The minimum Gasteiger partial charge on any atom is -0.382 e. The Labute approximate surface area is 229 Å². The zero-order valence-corrected chi connectivity index (χ0v) is 21.0. The molecule has 0 saturated carbocycles. The standard InChI is InChI=1S/C23H17ClF7N7O3/c24-13-6-4-12(5-7-13)18-35-37(21(41)36(18)9-16(39)23(29,30)31)10-17-33-19(20(40)32-11-22(26,27)28)38(34-17)15-3-1-2-14(25)8-15/h1-8,16,39H,9-11H2,(H,32,40). The van der Waals surface area contributed by atoms with Crippen LogP contribution in [0.2, 0.25) is 5.02 Å². The number of nitrogens with one attached hydrogen (secondary N) is 1. The van der Waals surface area contributed by atoms with E-state index in [0.29, 0.717) is 9.25 Å². The van der Waals surface area contributed by atoms with Crippen molar-refractivity contribution in [1.29, 1.82) is 0 Å². The Kier molecular flexibility index (Phi) is 8.21. The minimum atomic E-state index is -5.07. The van der Waals surface area contributed by atoms with Gasteiger partial charge in [0.2, 0.25) is 5.82 Å². The van der Waals surface area contributed by atoms with Gasteiger partial charge in [-0.15, -0.1) is 10.2 Å². The molecule has 0 spiro atoms. The van der Waals surface area contributed by atoms with Gasteiger partial charge < -0.3 is 10.4 Å². The zero-order valence-electron chi connectivity index (χ0n) is 20.3. The first-order valence-corrected chi connectivity index (χ1v) is 11.8. The zero-order chi connectivity index (χ0) is 30.1. The molecule has 0 radical (unpaired) electrons. The molecule has 2 N–H and O–H groups in total. The van der Waals surface area contributed by atoms with Gasteiger partial charge in [0.25, 0.3) is 5.91 Å². The summed E-state index contributed by atoms with van der Waals surface area (Å²) in [6, 6.07) is 10.00. The van der Waals surface area contributed by atoms with Gasteiger partial charge in [0.1, 0.15) is 18.9 Å². The molecule has 10 nitrogen and oxygen atoms in total. The summed E-state index contributed by atoms with van der Waals surface area (Å²) < 4.78 is 93.0. The first-order valence-electron chi connectivity index (χ1n) is 11.4. The Bertz CT molecular complexity index is 1610. The Morgan fingerprint density at radius 1 is 1.05 bits per heavy atom. The SMILES string of the molecule is O=C(NCC(F)(F)F)c1nc(Cn2nc(-c3ccc(Cl)cc3)n(CC(O)C(F)(F)F)c2=O)nn1-c1cccc(F)c1. The lowest BCUT2D eigenvalue weighted by molar-refractivity contribution is -0.207. The largest absolute Gasteiger partial charge is 0.416 e. The molecule has 2 heterocycles. The molecule has 4 aromatic rings. The fourth-order valence-electron chi connectivity index (χ4n) is 3.55. The molecule has 41 heavy (non-hydrogen) atoms. The van der Waals surface area contributed by atoms with Crippen LogP contribution < -0.4 is 11.0 Å². The van der Waals surface area contributed by atoms with Crippen molar-refractivity contribution in [3.63, 3.8) is 0 Å². The van der Waals surface area contributed by atoms with Crippen molar-refractivity contribution in [2.45, 2.75) is 31.5 Å². The van der Waals surface area contributed by atoms with Crippen molar-refractivity contribution in [2.75, 3.05) is 6.54 Å². The number of carbonyl (C=O) groups is 1. The number of carbonyl (C=O) groups excluding carboxylic acids is 1. The number of benzene rings is 2. The van der Waals surface area contributed by atoms with Crippen molar-refractivity contribution >= 4 is 17.5 Å². The fraction of sp³-hybridized carbons (Fsp3) is 0.261. The average Bonchev–Trinajstić information content (AvgIpc) is 3.44. The molecule has 1 atom stereocenters. The third kappa shape index (κ3) is 7.10. The number of alkyl halides is 6. The number of aliphatic hydroxyl groups excluding tert-OH is 1. The highest BCUT2D eigenvalue weighted by Crippen LogP contribution is 2.24. The summed E-state index contributed by atoms with van der Waals surface area (Å²) in [6.07, 6.45) is -12.8. The van der Waals surface area contributed by atoms with Crippen LogP contribution in [0, 0.1) is 5.82 Å². The molecule has 0 aliphatic carbocycles. The topological polar surface area (TPSA) is 120 Å². The quantitative estimate of drug-likeness (QED) is 0.297. The maximum Gasteiger partial charge on any atom is 0.416 e. The molecular formula is C23H17ClF7N7O3. The van der Waals surface area contributed by atoms with E-state index in [-0.39, 0.29) is 27.9 Å². The Hall–Kier alpha value is -4.25. The molecule has 1 unspecified atom stereocenters. The van der Waals surface area contributed by atoms with E-state index in [1.165, 1.54) is 36.4 Å². The third-order valence-corrected chi connectivity index (χ3v) is 5.66. The van der Waals surface area contributed by atoms with Gasteiger partial charge in [-0.3, -0.25) is 9.36 Å². The monoisotopic (exact) mass is 607 g/mol. The third-order valence-electron chi connectivity index (χ3n) is 5.41. The number of hydrogen-bond acceptors (Lipinski definition) is 6. The molecule has 0 fully saturated rings. The summed E-state index contributed by atoms with van der Waals surface area (Å²) in [4.78, 5) is 29.5. The lowest BCUT2D eigenvalue weighted by Gasteiger charge is -2.15. The van der Waals surface area contributed by atoms with Crippen LogP contribution in [-0.4, -0.2) is 65.1 Å². The van der Waals surface area contributed by atoms with E-state index < -0.39 is 61.3 Å². The number of halogens is 8. The fourth-order valence-corrected chi connectivity index (χ4v) is 3.67. The molecule has 4 rings (SSSR count). The summed E-state index contributed by atoms with van der Waals surface area (Å²) in [5, 5.41) is 19.5. The Balaban J connectivity index is 1.76. The van der Waals surface area contributed by atoms with E-state index >= 15 is 0 Å². The first kappa shape index (κ1) is 29.7. The van der Waals surface area contributed by atoms with E-state index in [9.17, 15) is 45.4 Å². The van der Waals surface area contributed by atoms with Gasteiger partial charge in [0.15, 0.2) is 17.8 Å². The van der Waals surface area contributed by atoms with Crippen molar-refractivity contribution in [3.05, 3.63) is 81.5 Å². The highest BCUT2D eigenvalue weighted by atomic mass is 35.5. The van der Waals surface area contributed by atoms with Crippen molar-refractivity contribution in [2.24, 2.45) is 0 Å². The molecule has 218 valence electrons. The highest BCUT2D eigenvalue weighted by molar-refractivity contribution is 6.30. The van der Waals surface area contributed by atoms with Crippen LogP contribution in [-0.2, 0) is 13.1 Å². The van der Waals surface area contributed by atoms with Gasteiger partial charge in [-0.05, 0) is 42.5 Å². The smallest absolute Gasteiger partial charge is 0.382 e. The Morgan fingerprint density at radius 3 is 2.34 bits per heavy atom. The van der Waals surface area contributed by atoms with Gasteiger partial charge in [0, 0.05) is 10.6 Å². The lowest BCUT2D eigenvalue weighted by Crippen LogP contribution is -2.37. The number of hydrogen-bond donors (Lipinski definition) is 2. The summed E-state index contributed by atoms with van der Waals surface area (Å²) in [6.45, 7) is -3.61. The number of aliphatic hydroxyl groups is 1. The van der Waals surface area contributed by atoms with E-state index in [0.717, 1.165) is 16.8 Å². The van der Waals surface area contributed by atoms with Gasteiger partial charge in [-0.2, -0.15) is 26.3 Å². The second-order valence-corrected chi connectivity index (χ2v) is 8.92. The normalized spacial score (nSPS) is 12.9. The molecule has 2 aromatic carbocycles. The lowest BCUT2D eigenvalue weighted by atomic mass is 10.2. The maximum atomic E-state index is 13.8. The predicted octanol–water partition coefficient (Wildman–Crippen LogP) is 3.35. The van der Waals surface area contributed by atoms with Gasteiger partial charge in [0.05, 0.1) is 12.2 Å². The van der Waals surface area contributed by atoms with Crippen LogP contribution >= 0.6 is 11.6 Å². The predicted molar refractivity (Wildman–Crippen MR) is 128 cm³/mol. The average molecular weight is 608 g/mol. The molecule has 0 saturated heterocycles. The molecule has 1 amide bonds. The number of aromatic nitrogens is 6. The second kappa shape index (κ2) is 11.3. The summed E-state index contributed by atoms with van der Waals surface area (Å²) in [5.41, 5.74) is -1.08. The molecule has 2 aromatic heterocycles. The number of nitrogens with zero attached hydrogens (tertiary/aromatic N) is 6. The van der Waals surface area contributed by atoms with E-state index in [1.54, 1.807) is 5.32 Å². The first-order chi connectivity index (χ1) is 19.1. The van der Waals surface area contributed by atoms with Gasteiger partial charge in [-0.1, -0.05) is 17.7 Å². The van der Waals surface area contributed by atoms with Crippen LogP contribution in [0.3, 0.4) is 0 Å². The van der Waals surface area contributed by atoms with Crippen LogP contribution in [0.4, 0.5) is 30.7 Å². The number of amides is 1. The van der Waals surface area contributed by atoms with Crippen LogP contribution in [0.1, 0.15) is 16.4 Å². The van der Waals surface area contributed by atoms with E-state index in [1.807, 2.05) is 0 Å². The van der Waals surface area contributed by atoms with E-state index in [4.69, 9.17) is 11.6 Å². The second-order valence-electron chi connectivity index (χ2n) is 8.48. The van der Waals surface area contributed by atoms with Crippen LogP contribution in [0.5, 0.6) is 0 Å². The summed E-state index contributed by atoms with van der Waals surface area (Å²) in [7, 11) is 0. The van der Waals surface area contributed by atoms with Crippen molar-refractivity contribution < 1.29 is 40.6 Å². The minimum absolute atomic E-state index is 0.103. The summed E-state index contributed by atoms with van der Waals surface area (Å²) in [5.74, 6) is -3.47. The number of rotatable bonds is 8. The highest BCUT2D eigenvalue weighted by Gasteiger charge is 2.39. The molecule has 18 heteroatoms. The van der Waals surface area contributed by atoms with E-state index in [2.05, 4.69) is 15.2 Å². The van der Waals surface area contributed by atoms with Gasteiger partial charge >= 0.3 is 18.0 Å². The molecule has 0 aliphatic heterocycles. The van der Waals surface area contributed by atoms with Crippen LogP contribution in [0.15, 0.2) is 53.3 Å². The molecular weight excluding hydrogens is 591 g/mol. The van der Waals surface area contributed by atoms with Crippen molar-refractivity contribution in [3.8, 4) is 17.1 Å². The van der Waals surface area contributed by atoms with Gasteiger partial charge in [-0.25, -0.2) is 23.5 Å². The Morgan fingerprint density at radius 2 is 1.73 bits per heavy atom. The maximum absolute atomic E-state index is 13.8. The van der Waals surface area contributed by atoms with Crippen LogP contribution in [0.25, 0.3) is 17.1 Å². The molecule has 0 bridgehead atoms.